The molecule has 1 unspecified atom stereocenters. The molecule has 0 aromatic heterocycles. The average molecular weight is 344 g/mol. The molecule has 0 saturated heterocycles. The van der Waals surface area contributed by atoms with E-state index in [0.717, 1.165) is 35.6 Å². The van der Waals surface area contributed by atoms with Gasteiger partial charge >= 0.3 is 0 Å². The van der Waals surface area contributed by atoms with E-state index in [1.54, 1.807) is 19.2 Å². The van der Waals surface area contributed by atoms with Crippen LogP contribution in [0.5, 0.6) is 23.0 Å². The molecule has 1 atom stereocenters. The Labute approximate surface area is 148 Å². The zero-order valence-electron chi connectivity index (χ0n) is 15.0. The van der Waals surface area contributed by atoms with Gasteiger partial charge in [-0.2, -0.15) is 0 Å². The number of hydrogen-bond donors (Lipinski definition) is 2. The van der Waals surface area contributed by atoms with Gasteiger partial charge in [0.2, 0.25) is 0 Å². The summed E-state index contributed by atoms with van der Waals surface area (Å²) in [6.45, 7) is 6.05. The molecule has 3 rings (SSSR count). The van der Waals surface area contributed by atoms with Gasteiger partial charge < -0.3 is 24.6 Å². The smallest absolute Gasteiger partial charge is 0.161 e. The van der Waals surface area contributed by atoms with Crippen molar-refractivity contribution in [2.24, 2.45) is 0 Å². The lowest BCUT2D eigenvalue weighted by Gasteiger charge is -2.27. The van der Waals surface area contributed by atoms with Crippen LogP contribution in [0, 0.1) is 0 Å². The summed E-state index contributed by atoms with van der Waals surface area (Å²) in [5.74, 6) is 2.48. The van der Waals surface area contributed by atoms with Crippen LogP contribution in [0.1, 0.15) is 36.6 Å². The topological polar surface area (TPSA) is 64.5 Å². The second-order valence-electron chi connectivity index (χ2n) is 6.01. The Morgan fingerprint density at radius 3 is 2.48 bits per heavy atom. The van der Waals surface area contributed by atoms with Crippen molar-refractivity contribution < 1.29 is 24.6 Å². The molecule has 0 amide bonds. The van der Waals surface area contributed by atoms with E-state index in [0.29, 0.717) is 19.0 Å². The summed E-state index contributed by atoms with van der Waals surface area (Å²) in [4.78, 5) is 0. The fourth-order valence-corrected chi connectivity index (χ4v) is 3.49. The normalized spacial score (nSPS) is 16.2. The fourth-order valence-electron chi connectivity index (χ4n) is 3.49. The maximum Gasteiger partial charge on any atom is 0.161 e. The van der Waals surface area contributed by atoms with Gasteiger partial charge in [0.05, 0.1) is 32.4 Å². The number of aromatic hydroxyl groups is 1. The van der Waals surface area contributed by atoms with Crippen molar-refractivity contribution in [3.63, 3.8) is 0 Å². The van der Waals surface area contributed by atoms with Gasteiger partial charge in [-0.3, -0.25) is 0 Å². The molecule has 1 aliphatic heterocycles. The van der Waals surface area contributed by atoms with Crippen LogP contribution in [0.25, 0.3) is 0 Å². The molecule has 2 aromatic carbocycles. The van der Waals surface area contributed by atoms with Gasteiger partial charge in [-0.25, -0.2) is 0 Å². The SMILES string of the molecule is CCOc1cc2c(cc1OCC)C(c1c(O)cccc1OC)[NH2+]CC2. The number of nitrogens with two attached hydrogens (primary N) is 1. The zero-order chi connectivity index (χ0) is 17.8. The Balaban J connectivity index is 2.12. The quantitative estimate of drug-likeness (QED) is 0.845. The van der Waals surface area contributed by atoms with Gasteiger partial charge in [0.25, 0.3) is 0 Å². The van der Waals surface area contributed by atoms with Crippen molar-refractivity contribution in [3.05, 3.63) is 47.0 Å². The van der Waals surface area contributed by atoms with E-state index in [1.807, 2.05) is 19.9 Å². The Morgan fingerprint density at radius 1 is 1.08 bits per heavy atom. The number of hydrogen-bond acceptors (Lipinski definition) is 4. The van der Waals surface area contributed by atoms with E-state index >= 15 is 0 Å². The second-order valence-corrected chi connectivity index (χ2v) is 6.01. The molecule has 0 radical (unpaired) electrons. The van der Waals surface area contributed by atoms with Crippen LogP contribution in [-0.4, -0.2) is 32.0 Å². The van der Waals surface area contributed by atoms with E-state index < -0.39 is 0 Å². The van der Waals surface area contributed by atoms with E-state index in [1.165, 1.54) is 5.56 Å². The first-order valence-electron chi connectivity index (χ1n) is 8.81. The standard InChI is InChI=1S/C20H25NO4/c1-4-24-17-11-13-9-10-21-20(14(13)12-18(17)25-5-2)19-15(22)7-6-8-16(19)23-3/h6-8,11-12,20-22H,4-5,9-10H2,1-3H3/p+1. The molecule has 2 aromatic rings. The van der Waals surface area contributed by atoms with Crippen molar-refractivity contribution in [2.45, 2.75) is 26.3 Å². The van der Waals surface area contributed by atoms with Gasteiger partial charge in [-0.15, -0.1) is 0 Å². The number of fused-ring (bicyclic) bond motifs is 1. The zero-order valence-corrected chi connectivity index (χ0v) is 15.0. The third-order valence-electron chi connectivity index (χ3n) is 4.53. The molecule has 134 valence electrons. The van der Waals surface area contributed by atoms with Gasteiger partial charge in [0, 0.05) is 12.0 Å². The predicted molar refractivity (Wildman–Crippen MR) is 95.8 cm³/mol. The number of quaternary nitrogens is 1. The Bertz CT molecular complexity index is 745. The van der Waals surface area contributed by atoms with Crippen molar-refractivity contribution in [2.75, 3.05) is 26.9 Å². The summed E-state index contributed by atoms with van der Waals surface area (Å²) in [5, 5.41) is 12.7. The molecule has 3 N–H and O–H groups in total. The Hall–Kier alpha value is -2.40. The molecule has 0 aliphatic carbocycles. The van der Waals surface area contributed by atoms with Crippen molar-refractivity contribution in [1.82, 2.24) is 0 Å². The minimum atomic E-state index is -0.0326. The first-order chi connectivity index (χ1) is 12.2. The minimum Gasteiger partial charge on any atom is -0.507 e. The van der Waals surface area contributed by atoms with Gasteiger partial charge in [0.1, 0.15) is 17.5 Å². The van der Waals surface area contributed by atoms with Crippen molar-refractivity contribution >= 4 is 0 Å². The van der Waals surface area contributed by atoms with Crippen LogP contribution < -0.4 is 19.5 Å². The van der Waals surface area contributed by atoms with E-state index in [9.17, 15) is 5.11 Å². The summed E-state index contributed by atoms with van der Waals surface area (Å²) in [6.07, 6.45) is 0.953. The number of phenolic OH excluding ortho intramolecular Hbond substituents is 1. The van der Waals surface area contributed by atoms with Gasteiger partial charge in [-0.1, -0.05) is 6.07 Å². The first kappa shape index (κ1) is 17.4. The maximum absolute atomic E-state index is 10.5. The van der Waals surface area contributed by atoms with Crippen LogP contribution in [0.15, 0.2) is 30.3 Å². The largest absolute Gasteiger partial charge is 0.507 e. The van der Waals surface area contributed by atoms with Crippen LogP contribution in [0.4, 0.5) is 0 Å². The monoisotopic (exact) mass is 344 g/mol. The highest BCUT2D eigenvalue weighted by Crippen LogP contribution is 2.40. The fraction of sp³-hybridized carbons (Fsp3) is 0.400. The third kappa shape index (κ3) is 3.37. The third-order valence-corrected chi connectivity index (χ3v) is 4.53. The summed E-state index contributed by atoms with van der Waals surface area (Å²) in [7, 11) is 1.63. The predicted octanol–water partition coefficient (Wildman–Crippen LogP) is 2.41. The molecule has 1 aliphatic rings. The summed E-state index contributed by atoms with van der Waals surface area (Å²) in [6, 6.07) is 9.49. The highest BCUT2D eigenvalue weighted by Gasteiger charge is 2.31. The van der Waals surface area contributed by atoms with E-state index in [2.05, 4.69) is 17.4 Å². The lowest BCUT2D eigenvalue weighted by Crippen LogP contribution is -2.87. The highest BCUT2D eigenvalue weighted by molar-refractivity contribution is 5.54. The van der Waals surface area contributed by atoms with Crippen LogP contribution in [0.2, 0.25) is 0 Å². The van der Waals surface area contributed by atoms with E-state index in [4.69, 9.17) is 14.2 Å². The Morgan fingerprint density at radius 2 is 1.80 bits per heavy atom. The molecular formula is C20H26NO4+. The molecule has 0 spiro atoms. The number of methoxy groups -OCH3 is 1. The number of benzene rings is 2. The minimum absolute atomic E-state index is 0.0326. The molecule has 25 heavy (non-hydrogen) atoms. The van der Waals surface area contributed by atoms with Crippen LogP contribution >= 0.6 is 0 Å². The van der Waals surface area contributed by atoms with Crippen molar-refractivity contribution in [1.29, 1.82) is 0 Å². The Kier molecular flexibility index (Phi) is 5.34. The second kappa shape index (κ2) is 7.66. The molecule has 0 saturated carbocycles. The van der Waals surface area contributed by atoms with E-state index in [-0.39, 0.29) is 11.8 Å². The average Bonchev–Trinajstić information content (AvgIpc) is 2.62. The lowest BCUT2D eigenvalue weighted by molar-refractivity contribution is -0.690. The van der Waals surface area contributed by atoms with Gasteiger partial charge in [0.15, 0.2) is 11.5 Å². The molecule has 5 nitrogen and oxygen atoms in total. The molecule has 0 bridgehead atoms. The number of rotatable bonds is 6. The number of phenols is 1. The summed E-state index contributed by atoms with van der Waals surface area (Å²) >= 11 is 0. The summed E-state index contributed by atoms with van der Waals surface area (Å²) in [5.41, 5.74) is 3.17. The lowest BCUT2D eigenvalue weighted by atomic mass is 9.88. The first-order valence-corrected chi connectivity index (χ1v) is 8.81. The van der Waals surface area contributed by atoms with Crippen LogP contribution in [-0.2, 0) is 6.42 Å². The maximum atomic E-state index is 10.5. The molecule has 5 heteroatoms. The van der Waals surface area contributed by atoms with Gasteiger partial charge in [-0.05, 0) is 43.7 Å². The molecule has 0 fully saturated rings. The summed E-state index contributed by atoms with van der Waals surface area (Å²) < 4.78 is 17.0. The molecule has 1 heterocycles. The number of ether oxygens (including phenoxy) is 3. The highest BCUT2D eigenvalue weighted by atomic mass is 16.5. The van der Waals surface area contributed by atoms with Crippen molar-refractivity contribution in [3.8, 4) is 23.0 Å². The van der Waals surface area contributed by atoms with Crippen LogP contribution in [0.3, 0.4) is 0 Å². The molecular weight excluding hydrogens is 318 g/mol.